The molecule has 3 heterocycles. The van der Waals surface area contributed by atoms with Crippen LogP contribution in [0.25, 0.3) is 0 Å². The molecule has 1 amide bonds. The molecule has 33 heavy (non-hydrogen) atoms. The first kappa shape index (κ1) is 21.8. The summed E-state index contributed by atoms with van der Waals surface area (Å²) in [4.78, 5) is 13.5. The molecule has 180 valence electrons. The van der Waals surface area contributed by atoms with Crippen LogP contribution in [0, 0.1) is 0 Å². The van der Waals surface area contributed by atoms with Crippen molar-refractivity contribution in [3.05, 3.63) is 24.3 Å². The zero-order valence-electron chi connectivity index (χ0n) is 19.1. The van der Waals surface area contributed by atoms with Gasteiger partial charge in [-0.1, -0.05) is 25.0 Å². The number of benzene rings is 1. The van der Waals surface area contributed by atoms with E-state index in [-0.39, 0.29) is 5.91 Å². The molecule has 1 N–H and O–H groups in total. The fourth-order valence-electron chi connectivity index (χ4n) is 6.12. The van der Waals surface area contributed by atoms with Crippen LogP contribution in [0.5, 0.6) is 5.75 Å². The normalized spacial score (nSPS) is 36.3. The minimum absolute atomic E-state index is 0.294. The molecule has 0 unspecified atom stereocenters. The van der Waals surface area contributed by atoms with Gasteiger partial charge in [0.15, 0.2) is 24.0 Å². The molecule has 2 aliphatic carbocycles. The lowest BCUT2D eigenvalue weighted by Crippen LogP contribution is -2.58. The summed E-state index contributed by atoms with van der Waals surface area (Å²) in [6.45, 7) is 0. The molecule has 5 aliphatic rings. The Balaban J connectivity index is 1.28. The van der Waals surface area contributed by atoms with Crippen molar-refractivity contribution in [3.8, 4) is 5.75 Å². The van der Waals surface area contributed by atoms with E-state index in [0.29, 0.717) is 11.4 Å². The van der Waals surface area contributed by atoms with Crippen molar-refractivity contribution >= 4 is 11.6 Å². The van der Waals surface area contributed by atoms with Crippen molar-refractivity contribution in [3.63, 3.8) is 0 Å². The van der Waals surface area contributed by atoms with Gasteiger partial charge in [0.25, 0.3) is 5.91 Å². The Bertz CT molecular complexity index is 879. The summed E-state index contributed by atoms with van der Waals surface area (Å²) in [5.41, 5.74) is 0.589. The van der Waals surface area contributed by atoms with Crippen LogP contribution in [0.2, 0.25) is 0 Å². The molecule has 2 saturated carbocycles. The molecular formula is C25H33NO7. The van der Waals surface area contributed by atoms with Gasteiger partial charge in [-0.2, -0.15) is 0 Å². The summed E-state index contributed by atoms with van der Waals surface area (Å²) < 4.78 is 37.7. The SMILES string of the molecule is COc1ccccc1NC(=O)[C@H]1O[C@@H]2OC3(CCCCC3)O[C@@H]2[C@H]2OC3(CCCCC3)O[C@H]21. The molecule has 0 aromatic heterocycles. The van der Waals surface area contributed by atoms with Gasteiger partial charge in [0.05, 0.1) is 12.8 Å². The maximum Gasteiger partial charge on any atom is 0.256 e. The van der Waals surface area contributed by atoms with Crippen molar-refractivity contribution in [1.29, 1.82) is 0 Å². The molecular weight excluding hydrogens is 426 g/mol. The predicted octanol–water partition coefficient (Wildman–Crippen LogP) is 3.88. The number of rotatable bonds is 3. The molecule has 2 spiro atoms. The van der Waals surface area contributed by atoms with E-state index in [4.69, 9.17) is 28.4 Å². The fraction of sp³-hybridized carbons (Fsp3) is 0.720. The highest BCUT2D eigenvalue weighted by molar-refractivity contribution is 5.96. The van der Waals surface area contributed by atoms with Gasteiger partial charge in [0.2, 0.25) is 0 Å². The average molecular weight is 460 g/mol. The van der Waals surface area contributed by atoms with Crippen LogP contribution in [0.4, 0.5) is 5.69 Å². The van der Waals surface area contributed by atoms with E-state index in [1.807, 2.05) is 18.2 Å². The number of hydrogen-bond acceptors (Lipinski definition) is 7. The summed E-state index contributed by atoms with van der Waals surface area (Å²) in [6.07, 6.45) is 7.02. The second-order valence-electron chi connectivity index (χ2n) is 9.92. The zero-order valence-corrected chi connectivity index (χ0v) is 19.1. The Morgan fingerprint density at radius 1 is 0.848 bits per heavy atom. The Hall–Kier alpha value is -1.71. The van der Waals surface area contributed by atoms with Crippen LogP contribution in [-0.2, 0) is 28.5 Å². The van der Waals surface area contributed by atoms with E-state index in [1.165, 1.54) is 12.8 Å². The van der Waals surface area contributed by atoms with Gasteiger partial charge in [-0.15, -0.1) is 0 Å². The van der Waals surface area contributed by atoms with E-state index >= 15 is 0 Å². The number of amides is 1. The first-order valence-corrected chi connectivity index (χ1v) is 12.4. The fourth-order valence-corrected chi connectivity index (χ4v) is 6.12. The first-order chi connectivity index (χ1) is 16.1. The standard InChI is InChI=1S/C25H33NO7/c1-28-17-11-5-4-10-16(17)26-22(27)20-18-19(31-24(30-18)12-6-2-7-13-24)21-23(29-20)33-25(32-21)14-8-3-9-15-25/h4-5,10-11,18-21,23H,2-3,6-9,12-15H2,1H3,(H,26,27)/t18-,19+,20+,21-,23-/m1/s1. The Morgan fingerprint density at radius 2 is 1.45 bits per heavy atom. The third-order valence-corrected chi connectivity index (χ3v) is 7.73. The lowest BCUT2D eigenvalue weighted by Gasteiger charge is -2.36. The van der Waals surface area contributed by atoms with Gasteiger partial charge in [-0.3, -0.25) is 4.79 Å². The van der Waals surface area contributed by atoms with Crippen LogP contribution in [0.1, 0.15) is 64.2 Å². The highest BCUT2D eigenvalue weighted by Crippen LogP contribution is 2.51. The Kier molecular flexibility index (Phi) is 5.62. The number of carbonyl (C=O) groups is 1. The number of carbonyl (C=O) groups excluding carboxylic acids is 1. The smallest absolute Gasteiger partial charge is 0.256 e. The van der Waals surface area contributed by atoms with Gasteiger partial charge in [0.1, 0.15) is 24.1 Å². The maximum atomic E-state index is 13.5. The maximum absolute atomic E-state index is 13.5. The largest absolute Gasteiger partial charge is 0.495 e. The number of nitrogens with one attached hydrogen (secondary N) is 1. The van der Waals surface area contributed by atoms with Crippen molar-refractivity contribution in [2.24, 2.45) is 0 Å². The summed E-state index contributed by atoms with van der Waals surface area (Å²) >= 11 is 0. The third-order valence-electron chi connectivity index (χ3n) is 7.73. The molecule has 5 fully saturated rings. The van der Waals surface area contributed by atoms with E-state index in [2.05, 4.69) is 5.32 Å². The molecule has 6 rings (SSSR count). The Morgan fingerprint density at radius 3 is 2.15 bits per heavy atom. The van der Waals surface area contributed by atoms with Crippen LogP contribution in [0.15, 0.2) is 24.3 Å². The van der Waals surface area contributed by atoms with Gasteiger partial charge >= 0.3 is 0 Å². The van der Waals surface area contributed by atoms with E-state index in [9.17, 15) is 4.79 Å². The average Bonchev–Trinajstić information content (AvgIpc) is 3.37. The second-order valence-corrected chi connectivity index (χ2v) is 9.92. The summed E-state index contributed by atoms with van der Waals surface area (Å²) in [5.74, 6) is -1.01. The number of methoxy groups -OCH3 is 1. The van der Waals surface area contributed by atoms with Crippen molar-refractivity contribution < 1.29 is 33.2 Å². The molecule has 3 aliphatic heterocycles. The van der Waals surface area contributed by atoms with Crippen molar-refractivity contribution in [2.45, 2.75) is 106 Å². The molecule has 0 radical (unpaired) electrons. The van der Waals surface area contributed by atoms with Crippen LogP contribution < -0.4 is 10.1 Å². The summed E-state index contributed by atoms with van der Waals surface area (Å²) in [7, 11) is 1.58. The third kappa shape index (κ3) is 3.86. The van der Waals surface area contributed by atoms with Gasteiger partial charge in [-0.05, 0) is 37.8 Å². The van der Waals surface area contributed by atoms with Crippen LogP contribution in [0.3, 0.4) is 0 Å². The Labute approximate surface area is 194 Å². The van der Waals surface area contributed by atoms with Gasteiger partial charge in [0, 0.05) is 25.7 Å². The minimum atomic E-state index is -0.871. The molecule has 8 nitrogen and oxygen atoms in total. The molecule has 8 heteroatoms. The summed E-state index contributed by atoms with van der Waals surface area (Å²) in [5, 5.41) is 2.97. The van der Waals surface area contributed by atoms with E-state index in [0.717, 1.165) is 51.4 Å². The number of ether oxygens (including phenoxy) is 6. The van der Waals surface area contributed by atoms with Crippen molar-refractivity contribution in [2.75, 3.05) is 12.4 Å². The number of fused-ring (bicyclic) bond motifs is 3. The highest BCUT2D eigenvalue weighted by atomic mass is 16.9. The minimum Gasteiger partial charge on any atom is -0.495 e. The van der Waals surface area contributed by atoms with Gasteiger partial charge in [-0.25, -0.2) is 0 Å². The van der Waals surface area contributed by atoms with Crippen molar-refractivity contribution in [1.82, 2.24) is 0 Å². The van der Waals surface area contributed by atoms with E-state index < -0.39 is 42.3 Å². The predicted molar refractivity (Wildman–Crippen MR) is 118 cm³/mol. The van der Waals surface area contributed by atoms with E-state index in [1.54, 1.807) is 13.2 Å². The quantitative estimate of drug-likeness (QED) is 0.734. The molecule has 1 aromatic rings. The summed E-state index contributed by atoms with van der Waals surface area (Å²) in [6, 6.07) is 7.33. The number of para-hydroxylation sites is 2. The monoisotopic (exact) mass is 459 g/mol. The number of anilines is 1. The topological polar surface area (TPSA) is 84.5 Å². The first-order valence-electron chi connectivity index (χ1n) is 12.4. The molecule has 0 bridgehead atoms. The van der Waals surface area contributed by atoms with Gasteiger partial charge < -0.3 is 33.7 Å². The zero-order chi connectivity index (χ0) is 22.5. The molecule has 1 aromatic carbocycles. The second kappa shape index (κ2) is 8.50. The number of hydrogen-bond donors (Lipinski definition) is 1. The lowest BCUT2D eigenvalue weighted by molar-refractivity contribution is -0.246. The molecule has 5 atom stereocenters. The van der Waals surface area contributed by atoms with Crippen LogP contribution >= 0.6 is 0 Å². The lowest BCUT2D eigenvalue weighted by atomic mass is 9.94. The highest BCUT2D eigenvalue weighted by Gasteiger charge is 2.65. The molecule has 3 saturated heterocycles. The van der Waals surface area contributed by atoms with Crippen LogP contribution in [-0.4, -0.2) is 55.3 Å².